The molecule has 0 N–H and O–H groups in total. The maximum atomic E-state index is 10.5. The third-order valence-corrected chi connectivity index (χ3v) is 5.54. The molecule has 0 aliphatic heterocycles. The Bertz CT molecular complexity index is 479. The average molecular weight is 285 g/mol. The summed E-state index contributed by atoms with van der Waals surface area (Å²) in [6.45, 7) is 1.88. The van der Waals surface area contributed by atoms with Crippen molar-refractivity contribution in [2.45, 2.75) is 11.3 Å². The van der Waals surface area contributed by atoms with Gasteiger partial charge in [0, 0.05) is 12.7 Å². The number of aromatic nitrogens is 1. The molecule has 2 aromatic rings. The molecule has 0 spiro atoms. The highest BCUT2D eigenvalue weighted by Crippen LogP contribution is 2.36. The van der Waals surface area contributed by atoms with Crippen molar-refractivity contribution in [1.29, 1.82) is 0 Å². The molecule has 1 heterocycles. The summed E-state index contributed by atoms with van der Waals surface area (Å²) in [4.78, 5) is 15.0. The van der Waals surface area contributed by atoms with Gasteiger partial charge in [0.25, 0.3) is 0 Å². The largest absolute Gasteiger partial charge is 0.465 e. The van der Waals surface area contributed by atoms with Crippen LogP contribution in [0.25, 0.3) is 10.2 Å². The van der Waals surface area contributed by atoms with E-state index in [1.54, 1.807) is 32.9 Å². The number of para-hydroxylation sites is 1. The van der Waals surface area contributed by atoms with Crippen LogP contribution in [0.5, 0.6) is 0 Å². The lowest BCUT2D eigenvalue weighted by molar-refractivity contribution is -0.140. The first-order valence-electron chi connectivity index (χ1n) is 5.04. The van der Waals surface area contributed by atoms with Gasteiger partial charge in [-0.2, -0.15) is 0 Å². The first kappa shape index (κ1) is 12.7. The Hall–Kier alpha value is -0.720. The topological polar surface area (TPSA) is 39.2 Å². The maximum Gasteiger partial charge on any atom is 0.302 e. The third kappa shape index (κ3) is 3.90. The zero-order chi connectivity index (χ0) is 12.1. The maximum absolute atomic E-state index is 10.5. The third-order valence-electron chi connectivity index (χ3n) is 1.88. The first-order chi connectivity index (χ1) is 8.25. The van der Waals surface area contributed by atoms with Gasteiger partial charge in [-0.25, -0.2) is 4.98 Å². The quantitative estimate of drug-likeness (QED) is 0.477. The summed E-state index contributed by atoms with van der Waals surface area (Å²) in [5.41, 5.74) is 1.04. The molecular weight excluding hydrogens is 274 g/mol. The number of carbonyl (C=O) groups excluding carboxylic acids is 1. The van der Waals surface area contributed by atoms with Crippen LogP contribution in [0.1, 0.15) is 6.92 Å². The highest BCUT2D eigenvalue weighted by molar-refractivity contribution is 8.77. The van der Waals surface area contributed by atoms with Gasteiger partial charge in [0.15, 0.2) is 4.34 Å². The molecule has 0 fully saturated rings. The van der Waals surface area contributed by atoms with Crippen molar-refractivity contribution in [2.75, 3.05) is 12.4 Å². The highest BCUT2D eigenvalue weighted by atomic mass is 33.1. The molecule has 2 rings (SSSR count). The number of fused-ring (bicyclic) bond motifs is 1. The lowest BCUT2D eigenvalue weighted by atomic mass is 10.3. The van der Waals surface area contributed by atoms with Crippen LogP contribution in [0, 0.1) is 0 Å². The van der Waals surface area contributed by atoms with Crippen LogP contribution in [-0.4, -0.2) is 23.3 Å². The van der Waals surface area contributed by atoms with Crippen molar-refractivity contribution in [3.63, 3.8) is 0 Å². The molecule has 0 saturated heterocycles. The summed E-state index contributed by atoms with van der Waals surface area (Å²) < 4.78 is 7.09. The molecular formula is C11H11NO2S3. The molecule has 0 unspecified atom stereocenters. The fraction of sp³-hybridized carbons (Fsp3) is 0.273. The minimum Gasteiger partial charge on any atom is -0.465 e. The second-order valence-corrected chi connectivity index (χ2v) is 6.89. The summed E-state index contributed by atoms with van der Waals surface area (Å²) in [7, 11) is 3.28. The number of rotatable bonds is 5. The van der Waals surface area contributed by atoms with Crippen molar-refractivity contribution in [3.05, 3.63) is 24.3 Å². The van der Waals surface area contributed by atoms with Gasteiger partial charge in [0.1, 0.15) is 6.61 Å². The predicted octanol–water partition coefficient (Wildman–Crippen LogP) is 3.60. The van der Waals surface area contributed by atoms with Crippen molar-refractivity contribution >= 4 is 49.1 Å². The number of hydrogen-bond acceptors (Lipinski definition) is 6. The standard InChI is InChI=1S/C11H11NO2S3/c1-8(13)14-6-7-15-17-11-12-9-4-2-3-5-10(9)16-11/h2-5H,6-7H2,1H3. The number of ether oxygens (including phenoxy) is 1. The van der Waals surface area contributed by atoms with E-state index in [0.29, 0.717) is 6.61 Å². The van der Waals surface area contributed by atoms with Crippen LogP contribution in [0.15, 0.2) is 28.6 Å². The Labute approximate surface area is 111 Å². The lowest BCUT2D eigenvalue weighted by Gasteiger charge is -1.99. The summed E-state index contributed by atoms with van der Waals surface area (Å²) in [6, 6.07) is 8.09. The SMILES string of the molecule is CC(=O)OCCSSc1nc2ccccc2s1. The molecule has 1 aromatic heterocycles. The van der Waals surface area contributed by atoms with Gasteiger partial charge in [-0.05, 0) is 22.9 Å². The summed E-state index contributed by atoms with van der Waals surface area (Å²) in [6.07, 6.45) is 0. The first-order valence-corrected chi connectivity index (χ1v) is 8.17. The lowest BCUT2D eigenvalue weighted by Crippen LogP contribution is -2.01. The van der Waals surface area contributed by atoms with Crippen LogP contribution in [0.4, 0.5) is 0 Å². The van der Waals surface area contributed by atoms with E-state index in [4.69, 9.17) is 4.74 Å². The summed E-state index contributed by atoms with van der Waals surface area (Å²) in [5.74, 6) is 0.552. The van der Waals surface area contributed by atoms with E-state index < -0.39 is 0 Å². The Morgan fingerprint density at radius 1 is 1.47 bits per heavy atom. The van der Waals surface area contributed by atoms with Crippen molar-refractivity contribution < 1.29 is 9.53 Å². The van der Waals surface area contributed by atoms with Gasteiger partial charge in [-0.1, -0.05) is 22.9 Å². The normalized spacial score (nSPS) is 10.6. The van der Waals surface area contributed by atoms with E-state index in [0.717, 1.165) is 15.6 Å². The zero-order valence-corrected chi connectivity index (χ0v) is 11.7. The molecule has 3 nitrogen and oxygen atoms in total. The van der Waals surface area contributed by atoms with E-state index in [-0.39, 0.29) is 5.97 Å². The fourth-order valence-electron chi connectivity index (χ4n) is 1.20. The molecule has 0 radical (unpaired) electrons. The van der Waals surface area contributed by atoms with E-state index in [1.165, 1.54) is 11.6 Å². The number of carbonyl (C=O) groups is 1. The Kier molecular flexibility index (Phi) is 4.70. The minimum atomic E-state index is -0.226. The van der Waals surface area contributed by atoms with E-state index in [2.05, 4.69) is 11.1 Å². The van der Waals surface area contributed by atoms with Crippen molar-refractivity contribution in [3.8, 4) is 0 Å². The zero-order valence-electron chi connectivity index (χ0n) is 9.21. The molecule has 90 valence electrons. The van der Waals surface area contributed by atoms with Gasteiger partial charge < -0.3 is 4.74 Å². The molecule has 0 atom stereocenters. The van der Waals surface area contributed by atoms with Crippen LogP contribution in [0.2, 0.25) is 0 Å². The average Bonchev–Trinajstić information content (AvgIpc) is 2.70. The minimum absolute atomic E-state index is 0.226. The fourth-order valence-corrected chi connectivity index (χ4v) is 4.38. The number of thiazole rings is 1. The number of nitrogens with zero attached hydrogens (tertiary/aromatic N) is 1. The van der Waals surface area contributed by atoms with Gasteiger partial charge in [-0.3, -0.25) is 4.79 Å². The van der Waals surface area contributed by atoms with Crippen molar-refractivity contribution in [2.24, 2.45) is 0 Å². The Morgan fingerprint density at radius 3 is 3.06 bits per heavy atom. The summed E-state index contributed by atoms with van der Waals surface area (Å²) in [5, 5.41) is 0. The number of hydrogen-bond donors (Lipinski definition) is 0. The molecule has 0 bridgehead atoms. The highest BCUT2D eigenvalue weighted by Gasteiger charge is 2.03. The van der Waals surface area contributed by atoms with Crippen LogP contribution < -0.4 is 0 Å². The monoisotopic (exact) mass is 285 g/mol. The molecule has 6 heteroatoms. The Balaban J connectivity index is 1.81. The molecule has 1 aromatic carbocycles. The molecule has 0 aliphatic rings. The van der Waals surface area contributed by atoms with Crippen LogP contribution in [-0.2, 0) is 9.53 Å². The number of esters is 1. The van der Waals surface area contributed by atoms with Crippen LogP contribution >= 0.6 is 32.9 Å². The van der Waals surface area contributed by atoms with E-state index >= 15 is 0 Å². The summed E-state index contributed by atoms with van der Waals surface area (Å²) >= 11 is 1.68. The van der Waals surface area contributed by atoms with Gasteiger partial charge >= 0.3 is 5.97 Å². The van der Waals surface area contributed by atoms with Gasteiger partial charge in [0.2, 0.25) is 0 Å². The molecule has 17 heavy (non-hydrogen) atoms. The second-order valence-electron chi connectivity index (χ2n) is 3.19. The Morgan fingerprint density at radius 2 is 2.29 bits per heavy atom. The predicted molar refractivity (Wildman–Crippen MR) is 74.6 cm³/mol. The smallest absolute Gasteiger partial charge is 0.302 e. The van der Waals surface area contributed by atoms with Gasteiger partial charge in [0.05, 0.1) is 10.2 Å². The molecule has 0 amide bonds. The molecule has 0 aliphatic carbocycles. The second kappa shape index (κ2) is 6.28. The molecule has 0 saturated carbocycles. The van der Waals surface area contributed by atoms with Crippen molar-refractivity contribution in [1.82, 2.24) is 4.98 Å². The van der Waals surface area contributed by atoms with Gasteiger partial charge in [-0.15, -0.1) is 11.3 Å². The van der Waals surface area contributed by atoms with Crippen LogP contribution in [0.3, 0.4) is 0 Å². The van der Waals surface area contributed by atoms with E-state index in [9.17, 15) is 4.79 Å². The number of benzene rings is 1. The van der Waals surface area contributed by atoms with E-state index in [1.807, 2.05) is 18.2 Å².